The summed E-state index contributed by atoms with van der Waals surface area (Å²) in [7, 11) is -0.975. The third kappa shape index (κ3) is 6.86. The lowest BCUT2D eigenvalue weighted by atomic mass is 10.1. The zero-order valence-electron chi connectivity index (χ0n) is 16.1. The number of aromatic nitrogens is 2. The Kier molecular flexibility index (Phi) is 8.57. The Bertz CT molecular complexity index is 870. The van der Waals surface area contributed by atoms with Crippen LogP contribution in [-0.4, -0.2) is 27.0 Å². The van der Waals surface area contributed by atoms with Crippen LogP contribution >= 0.6 is 11.3 Å². The normalized spacial score (nSPS) is 13.6. The minimum atomic E-state index is -0.975. The number of pyridine rings is 1. The number of aryl methyl sites for hydroxylation is 1. The van der Waals surface area contributed by atoms with Gasteiger partial charge in [-0.2, -0.15) is 0 Å². The first-order valence-corrected chi connectivity index (χ1v) is 11.1. The molecule has 5 nitrogen and oxygen atoms in total. The average Bonchev–Trinajstić information content (AvgIpc) is 3.02. The maximum absolute atomic E-state index is 11.2. The molecule has 1 N–H and O–H groups in total. The number of nitrogens with one attached hydrogen (secondary N) is 1. The van der Waals surface area contributed by atoms with Gasteiger partial charge in [-0.05, 0) is 45.1 Å². The topological polar surface area (TPSA) is 64.1 Å². The van der Waals surface area contributed by atoms with Crippen LogP contribution < -0.4 is 5.32 Å². The molecule has 0 aliphatic heterocycles. The smallest absolute Gasteiger partial charge is 0.188 e. The standard InChI is InChI=1S/C20H25N3O2S2/c1-5-8-17(9-7-12-27(4)24)22-20-23-19(18(26-20)14-25-6-2)16-10-11-21-15(3)13-16/h5,7-13H,6,14H2,1-4H3,(H,22,23)/b8-5-,12-7+,17-9+. The quantitative estimate of drug-likeness (QED) is 0.609. The van der Waals surface area contributed by atoms with E-state index < -0.39 is 10.8 Å². The van der Waals surface area contributed by atoms with Crippen LogP contribution in [0.25, 0.3) is 11.3 Å². The lowest BCUT2D eigenvalue weighted by molar-refractivity contribution is 0.136. The summed E-state index contributed by atoms with van der Waals surface area (Å²) < 4.78 is 16.8. The summed E-state index contributed by atoms with van der Waals surface area (Å²) in [4.78, 5) is 10.1. The number of thiazole rings is 1. The highest BCUT2D eigenvalue weighted by atomic mass is 32.2. The molecular formula is C20H25N3O2S2. The molecular weight excluding hydrogens is 378 g/mol. The molecule has 1 atom stereocenters. The van der Waals surface area contributed by atoms with Crippen molar-refractivity contribution in [2.45, 2.75) is 27.4 Å². The Balaban J connectivity index is 2.34. The van der Waals surface area contributed by atoms with Crippen molar-refractivity contribution < 1.29 is 8.95 Å². The SMILES string of the molecule is C\C=C/C(=C\C=C\S(C)=O)Nc1nc(-c2ccnc(C)c2)c(COCC)s1. The molecule has 0 saturated carbocycles. The second-order valence-corrected chi connectivity index (χ2v) is 8.04. The fourth-order valence-electron chi connectivity index (χ4n) is 2.31. The summed E-state index contributed by atoms with van der Waals surface area (Å²) in [5.41, 5.74) is 3.75. The van der Waals surface area contributed by atoms with Gasteiger partial charge in [0.05, 0.1) is 17.2 Å². The largest absolute Gasteiger partial charge is 0.376 e. The van der Waals surface area contributed by atoms with Crippen molar-refractivity contribution in [2.24, 2.45) is 0 Å². The van der Waals surface area contributed by atoms with E-state index in [4.69, 9.17) is 9.72 Å². The maximum Gasteiger partial charge on any atom is 0.188 e. The molecule has 0 bridgehead atoms. The van der Waals surface area contributed by atoms with E-state index in [1.54, 1.807) is 35.3 Å². The summed E-state index contributed by atoms with van der Waals surface area (Å²) in [5, 5.41) is 5.76. The summed E-state index contributed by atoms with van der Waals surface area (Å²) in [6.07, 6.45) is 11.0. The highest BCUT2D eigenvalue weighted by Gasteiger charge is 2.14. The van der Waals surface area contributed by atoms with E-state index in [2.05, 4.69) is 10.3 Å². The van der Waals surface area contributed by atoms with E-state index in [1.807, 2.05) is 51.1 Å². The van der Waals surface area contributed by atoms with Crippen LogP contribution in [0.4, 0.5) is 5.13 Å². The predicted octanol–water partition coefficient (Wildman–Crippen LogP) is 4.81. The maximum atomic E-state index is 11.2. The number of hydrogen-bond acceptors (Lipinski definition) is 6. The van der Waals surface area contributed by atoms with Crippen molar-refractivity contribution >= 4 is 27.3 Å². The van der Waals surface area contributed by atoms with Gasteiger partial charge in [0.15, 0.2) is 5.13 Å². The molecule has 1 unspecified atom stereocenters. The van der Waals surface area contributed by atoms with Crippen molar-refractivity contribution in [1.29, 1.82) is 0 Å². The fourth-order valence-corrected chi connectivity index (χ4v) is 3.55. The van der Waals surface area contributed by atoms with Crippen molar-refractivity contribution in [3.63, 3.8) is 0 Å². The van der Waals surface area contributed by atoms with Crippen LogP contribution in [0.3, 0.4) is 0 Å². The van der Waals surface area contributed by atoms with E-state index in [-0.39, 0.29) is 0 Å². The summed E-state index contributed by atoms with van der Waals surface area (Å²) in [6.45, 7) is 7.06. The highest BCUT2D eigenvalue weighted by Crippen LogP contribution is 2.32. The minimum Gasteiger partial charge on any atom is -0.376 e. The molecule has 0 spiro atoms. The lowest BCUT2D eigenvalue weighted by Gasteiger charge is -2.03. The van der Waals surface area contributed by atoms with Crippen LogP contribution in [0.15, 0.2) is 53.7 Å². The minimum absolute atomic E-state index is 0.518. The number of hydrogen-bond donors (Lipinski definition) is 1. The Morgan fingerprint density at radius 3 is 2.93 bits per heavy atom. The molecule has 0 saturated heterocycles. The molecule has 2 aromatic rings. The van der Waals surface area contributed by atoms with Crippen molar-refractivity contribution in [3.05, 3.63) is 64.3 Å². The van der Waals surface area contributed by atoms with Gasteiger partial charge in [-0.3, -0.25) is 9.19 Å². The lowest BCUT2D eigenvalue weighted by Crippen LogP contribution is -1.96. The molecule has 2 aromatic heterocycles. The first-order chi connectivity index (χ1) is 13.0. The molecule has 144 valence electrons. The van der Waals surface area contributed by atoms with E-state index in [1.165, 1.54) is 0 Å². The summed E-state index contributed by atoms with van der Waals surface area (Å²) >= 11 is 1.57. The van der Waals surface area contributed by atoms with Gasteiger partial charge in [-0.15, -0.1) is 0 Å². The number of ether oxygens (including phenoxy) is 1. The molecule has 0 amide bonds. The second kappa shape index (κ2) is 10.9. The van der Waals surface area contributed by atoms with E-state index in [0.29, 0.717) is 13.2 Å². The molecule has 0 aliphatic carbocycles. The van der Waals surface area contributed by atoms with Crippen LogP contribution in [0.1, 0.15) is 24.4 Å². The molecule has 7 heteroatoms. The van der Waals surface area contributed by atoms with Crippen molar-refractivity contribution in [2.75, 3.05) is 18.2 Å². The molecule has 2 rings (SSSR count). The van der Waals surface area contributed by atoms with Crippen LogP contribution in [0, 0.1) is 6.92 Å². The Hall–Kier alpha value is -2.09. The van der Waals surface area contributed by atoms with Gasteiger partial charge in [0.2, 0.25) is 0 Å². The van der Waals surface area contributed by atoms with Crippen LogP contribution in [0.5, 0.6) is 0 Å². The fraction of sp³-hybridized carbons (Fsp3) is 0.300. The second-order valence-electron chi connectivity index (χ2n) is 5.69. The molecule has 0 aromatic carbocycles. The molecule has 2 heterocycles. The van der Waals surface area contributed by atoms with Crippen LogP contribution in [0.2, 0.25) is 0 Å². The summed E-state index contributed by atoms with van der Waals surface area (Å²) in [6, 6.07) is 3.99. The molecule has 0 aliphatic rings. The van der Waals surface area contributed by atoms with Gasteiger partial charge < -0.3 is 10.1 Å². The predicted molar refractivity (Wildman–Crippen MR) is 115 cm³/mol. The van der Waals surface area contributed by atoms with E-state index in [0.717, 1.165) is 32.7 Å². The van der Waals surface area contributed by atoms with Gasteiger partial charge in [0, 0.05) is 52.2 Å². The van der Waals surface area contributed by atoms with Crippen LogP contribution in [-0.2, 0) is 22.1 Å². The van der Waals surface area contributed by atoms with Gasteiger partial charge >= 0.3 is 0 Å². The Morgan fingerprint density at radius 1 is 1.44 bits per heavy atom. The summed E-state index contributed by atoms with van der Waals surface area (Å²) in [5.74, 6) is 0. The Morgan fingerprint density at radius 2 is 2.26 bits per heavy atom. The number of rotatable bonds is 9. The number of allylic oxidation sites excluding steroid dienone is 4. The number of nitrogens with zero attached hydrogens (tertiary/aromatic N) is 2. The van der Waals surface area contributed by atoms with Gasteiger partial charge in [-0.25, -0.2) is 4.98 Å². The highest BCUT2D eigenvalue weighted by molar-refractivity contribution is 7.87. The van der Waals surface area contributed by atoms with E-state index >= 15 is 0 Å². The zero-order chi connectivity index (χ0) is 19.6. The van der Waals surface area contributed by atoms with Crippen molar-refractivity contribution in [1.82, 2.24) is 9.97 Å². The first kappa shape index (κ1) is 21.2. The average molecular weight is 404 g/mol. The van der Waals surface area contributed by atoms with Gasteiger partial charge in [0.25, 0.3) is 0 Å². The Labute approximate surface area is 167 Å². The van der Waals surface area contributed by atoms with Crippen molar-refractivity contribution in [3.8, 4) is 11.3 Å². The zero-order valence-corrected chi connectivity index (χ0v) is 17.7. The molecule has 27 heavy (non-hydrogen) atoms. The molecule has 0 radical (unpaired) electrons. The third-order valence-electron chi connectivity index (χ3n) is 3.45. The first-order valence-electron chi connectivity index (χ1n) is 8.64. The monoisotopic (exact) mass is 403 g/mol. The third-order valence-corrected chi connectivity index (χ3v) is 4.93. The number of anilines is 1. The van der Waals surface area contributed by atoms with Gasteiger partial charge in [0.1, 0.15) is 0 Å². The van der Waals surface area contributed by atoms with E-state index in [9.17, 15) is 4.21 Å². The van der Waals surface area contributed by atoms with Gasteiger partial charge in [-0.1, -0.05) is 23.5 Å². The molecule has 0 fully saturated rings.